The highest BCUT2D eigenvalue weighted by molar-refractivity contribution is 6.42. The largest absolute Gasteiger partial charge is 0.419 e. The molecule has 0 aromatic heterocycles. The van der Waals surface area contributed by atoms with Crippen LogP contribution in [0, 0.1) is 5.82 Å². The lowest BCUT2D eigenvalue weighted by Gasteiger charge is -2.36. The number of benzene rings is 2. The van der Waals surface area contributed by atoms with Gasteiger partial charge < -0.3 is 10.2 Å². The fraction of sp³-hybridized carbons (Fsp3) is 0.519. The van der Waals surface area contributed by atoms with Gasteiger partial charge >= 0.3 is 6.18 Å². The molecule has 0 radical (unpaired) electrons. The SMILES string of the molecule is CC1CN(CC(=O)N2CC(N(C)Cc3ccc(C(F)(F)F)c(F)c3)[C@@H](c3ccc(Cl)c(Cl)c3)C2)CC(C)N1. The lowest BCUT2D eigenvalue weighted by Crippen LogP contribution is -2.56. The number of carbonyl (C=O) groups is 1. The zero-order valence-electron chi connectivity index (χ0n) is 21.5. The van der Waals surface area contributed by atoms with E-state index in [0.717, 1.165) is 30.8 Å². The number of amides is 1. The van der Waals surface area contributed by atoms with Gasteiger partial charge in [-0.15, -0.1) is 0 Å². The van der Waals surface area contributed by atoms with Crippen molar-refractivity contribution in [1.29, 1.82) is 0 Å². The van der Waals surface area contributed by atoms with E-state index in [4.69, 9.17) is 23.2 Å². The highest BCUT2D eigenvalue weighted by atomic mass is 35.5. The van der Waals surface area contributed by atoms with Gasteiger partial charge in [-0.05, 0) is 56.3 Å². The van der Waals surface area contributed by atoms with Crippen LogP contribution in [-0.2, 0) is 17.5 Å². The lowest BCUT2D eigenvalue weighted by atomic mass is 9.93. The number of likely N-dealkylation sites (N-methyl/N-ethyl adjacent to an activating group) is 1. The van der Waals surface area contributed by atoms with E-state index >= 15 is 0 Å². The molecule has 2 aromatic carbocycles. The van der Waals surface area contributed by atoms with Gasteiger partial charge in [-0.3, -0.25) is 14.6 Å². The Hall–Kier alpha value is -1.91. The summed E-state index contributed by atoms with van der Waals surface area (Å²) in [7, 11) is 1.83. The number of hydrogen-bond acceptors (Lipinski definition) is 4. The minimum atomic E-state index is -4.75. The van der Waals surface area contributed by atoms with Crippen LogP contribution in [0.5, 0.6) is 0 Å². The summed E-state index contributed by atoms with van der Waals surface area (Å²) in [5, 5.41) is 4.30. The molecular weight excluding hydrogens is 543 g/mol. The van der Waals surface area contributed by atoms with Crippen molar-refractivity contribution in [1.82, 2.24) is 20.0 Å². The Balaban J connectivity index is 1.53. The molecule has 4 atom stereocenters. The molecule has 208 valence electrons. The second-order valence-electron chi connectivity index (χ2n) is 10.5. The van der Waals surface area contributed by atoms with Gasteiger partial charge in [-0.1, -0.05) is 35.3 Å². The molecule has 3 unspecified atom stereocenters. The van der Waals surface area contributed by atoms with Gasteiger partial charge in [-0.2, -0.15) is 13.2 Å². The first-order chi connectivity index (χ1) is 17.8. The van der Waals surface area contributed by atoms with Crippen molar-refractivity contribution in [2.24, 2.45) is 0 Å². The quantitative estimate of drug-likeness (QED) is 0.478. The Bertz CT molecular complexity index is 1150. The molecule has 5 nitrogen and oxygen atoms in total. The molecule has 38 heavy (non-hydrogen) atoms. The fourth-order valence-electron chi connectivity index (χ4n) is 5.66. The number of carbonyl (C=O) groups excluding carboxylic acids is 1. The van der Waals surface area contributed by atoms with Gasteiger partial charge in [0.15, 0.2) is 0 Å². The number of likely N-dealkylation sites (tertiary alicyclic amines) is 1. The highest BCUT2D eigenvalue weighted by Crippen LogP contribution is 2.36. The minimum absolute atomic E-state index is 0.0211. The zero-order chi connectivity index (χ0) is 27.8. The van der Waals surface area contributed by atoms with Crippen molar-refractivity contribution >= 4 is 29.1 Å². The summed E-state index contributed by atoms with van der Waals surface area (Å²) >= 11 is 12.4. The summed E-state index contributed by atoms with van der Waals surface area (Å²) in [4.78, 5) is 19.3. The van der Waals surface area contributed by atoms with Gasteiger partial charge in [0.1, 0.15) is 5.82 Å². The molecule has 2 saturated heterocycles. The van der Waals surface area contributed by atoms with Gasteiger partial charge in [0.2, 0.25) is 5.91 Å². The summed E-state index contributed by atoms with van der Waals surface area (Å²) in [5.74, 6) is -1.39. The molecule has 0 saturated carbocycles. The van der Waals surface area contributed by atoms with E-state index in [2.05, 4.69) is 24.1 Å². The van der Waals surface area contributed by atoms with Crippen molar-refractivity contribution in [3.63, 3.8) is 0 Å². The Morgan fingerprint density at radius 3 is 2.32 bits per heavy atom. The van der Waals surface area contributed by atoms with E-state index in [1.54, 1.807) is 12.1 Å². The van der Waals surface area contributed by atoms with Crippen molar-refractivity contribution in [3.05, 3.63) is 69.0 Å². The van der Waals surface area contributed by atoms with Gasteiger partial charge in [-0.25, -0.2) is 4.39 Å². The molecule has 2 fully saturated rings. The van der Waals surface area contributed by atoms with Crippen LogP contribution in [0.2, 0.25) is 10.0 Å². The van der Waals surface area contributed by atoms with Gasteiger partial charge in [0.05, 0.1) is 22.2 Å². The molecule has 0 spiro atoms. The first kappa shape index (κ1) is 29.1. The summed E-state index contributed by atoms with van der Waals surface area (Å²) in [6, 6.07) is 8.80. The molecule has 2 aliphatic heterocycles. The lowest BCUT2D eigenvalue weighted by molar-refractivity contribution is -0.140. The Morgan fingerprint density at radius 1 is 1.03 bits per heavy atom. The Morgan fingerprint density at radius 2 is 1.71 bits per heavy atom. The molecule has 2 aliphatic rings. The number of nitrogens with one attached hydrogen (secondary N) is 1. The van der Waals surface area contributed by atoms with Crippen molar-refractivity contribution < 1.29 is 22.4 Å². The van der Waals surface area contributed by atoms with E-state index in [1.165, 1.54) is 6.07 Å². The van der Waals surface area contributed by atoms with Crippen LogP contribution >= 0.6 is 23.2 Å². The molecular formula is C27H32Cl2F4N4O. The molecule has 1 amide bonds. The Kier molecular flexibility index (Phi) is 8.94. The predicted molar refractivity (Wildman–Crippen MR) is 141 cm³/mol. The average Bonchev–Trinajstić information content (AvgIpc) is 3.25. The fourth-order valence-corrected chi connectivity index (χ4v) is 5.97. The zero-order valence-corrected chi connectivity index (χ0v) is 23.0. The third-order valence-electron chi connectivity index (χ3n) is 7.34. The number of nitrogens with zero attached hydrogens (tertiary/aromatic N) is 3. The van der Waals surface area contributed by atoms with Crippen molar-refractivity contribution in [2.45, 2.75) is 50.6 Å². The first-order valence-corrected chi connectivity index (χ1v) is 13.3. The number of piperazine rings is 1. The third kappa shape index (κ3) is 6.80. The van der Waals surface area contributed by atoms with Crippen LogP contribution in [-0.4, -0.2) is 78.5 Å². The van der Waals surface area contributed by atoms with E-state index < -0.39 is 17.6 Å². The van der Waals surface area contributed by atoms with E-state index in [0.29, 0.717) is 35.2 Å². The number of halogens is 6. The van der Waals surface area contributed by atoms with Crippen LogP contribution in [0.4, 0.5) is 17.6 Å². The topological polar surface area (TPSA) is 38.8 Å². The van der Waals surface area contributed by atoms with E-state index in [-0.39, 0.29) is 36.5 Å². The first-order valence-electron chi connectivity index (χ1n) is 12.6. The minimum Gasteiger partial charge on any atom is -0.339 e. The van der Waals surface area contributed by atoms with Crippen molar-refractivity contribution in [2.75, 3.05) is 39.8 Å². The normalized spacial score (nSPS) is 24.8. The van der Waals surface area contributed by atoms with Crippen LogP contribution in [0.15, 0.2) is 36.4 Å². The molecule has 2 aromatic rings. The maximum Gasteiger partial charge on any atom is 0.419 e. The van der Waals surface area contributed by atoms with E-state index in [1.807, 2.05) is 22.9 Å². The number of hydrogen-bond donors (Lipinski definition) is 1. The van der Waals surface area contributed by atoms with E-state index in [9.17, 15) is 22.4 Å². The Labute approximate surface area is 230 Å². The van der Waals surface area contributed by atoms with Crippen LogP contribution in [0.25, 0.3) is 0 Å². The van der Waals surface area contributed by atoms with Gasteiger partial charge in [0, 0.05) is 56.8 Å². The average molecular weight is 575 g/mol. The summed E-state index contributed by atoms with van der Waals surface area (Å²) in [5.41, 5.74) is 0.0424. The third-order valence-corrected chi connectivity index (χ3v) is 8.08. The summed E-state index contributed by atoms with van der Waals surface area (Å²) < 4.78 is 53.2. The molecule has 1 N–H and O–H groups in total. The van der Waals surface area contributed by atoms with Crippen LogP contribution < -0.4 is 5.32 Å². The highest BCUT2D eigenvalue weighted by Gasteiger charge is 2.39. The molecule has 0 bridgehead atoms. The second kappa shape index (κ2) is 11.7. The molecule has 4 rings (SSSR count). The molecule has 2 heterocycles. The van der Waals surface area contributed by atoms with Gasteiger partial charge in [0.25, 0.3) is 0 Å². The number of alkyl halides is 3. The summed E-state index contributed by atoms with van der Waals surface area (Å²) in [6.45, 7) is 7.17. The monoisotopic (exact) mass is 574 g/mol. The smallest absolute Gasteiger partial charge is 0.339 e. The maximum atomic E-state index is 14.2. The van der Waals surface area contributed by atoms with Crippen LogP contribution in [0.3, 0.4) is 0 Å². The summed E-state index contributed by atoms with van der Waals surface area (Å²) in [6.07, 6.45) is -4.75. The van der Waals surface area contributed by atoms with Crippen molar-refractivity contribution in [3.8, 4) is 0 Å². The molecule has 11 heteroatoms. The number of rotatable bonds is 6. The second-order valence-corrected chi connectivity index (χ2v) is 11.4. The molecule has 0 aliphatic carbocycles. The van der Waals surface area contributed by atoms with Crippen LogP contribution in [0.1, 0.15) is 36.5 Å². The standard InChI is InChI=1S/C27H32Cl2F4N4O/c1-16-10-36(11-17(2)34-16)15-26(38)37-13-20(19-5-7-22(28)23(29)9-19)25(14-37)35(3)12-18-4-6-21(24(30)8-18)27(31,32)33/h4-9,16-17,20,25,34H,10-15H2,1-3H3/t16?,17?,20-,25?/m1/s1. The predicted octanol–water partition coefficient (Wildman–Crippen LogP) is 5.26. The maximum absolute atomic E-state index is 14.2.